The van der Waals surface area contributed by atoms with E-state index in [1.54, 1.807) is 0 Å². The molecule has 0 nitrogen and oxygen atoms in total. The summed E-state index contributed by atoms with van der Waals surface area (Å²) >= 11 is 0. The molecule has 2 saturated carbocycles. The van der Waals surface area contributed by atoms with Crippen LogP contribution in [0.4, 0.5) is 0 Å². The summed E-state index contributed by atoms with van der Waals surface area (Å²) in [4.78, 5) is 0. The van der Waals surface area contributed by atoms with Crippen molar-refractivity contribution in [1.29, 1.82) is 0 Å². The van der Waals surface area contributed by atoms with Crippen LogP contribution in [-0.4, -0.2) is 0 Å². The van der Waals surface area contributed by atoms with E-state index >= 15 is 0 Å². The number of hydrogen-bond acceptors (Lipinski definition) is 0. The number of fused-ring (bicyclic) bond motifs is 1. The van der Waals surface area contributed by atoms with Gasteiger partial charge in [-0.3, -0.25) is 0 Å². The smallest absolute Gasteiger partial charge is 0.0454 e. The Morgan fingerprint density at radius 1 is 1.50 bits per heavy atom. The second kappa shape index (κ2) is 1.12. The van der Waals surface area contributed by atoms with Crippen LogP contribution in [0, 0.1) is 23.7 Å². The van der Waals surface area contributed by atoms with Crippen molar-refractivity contribution in [1.82, 2.24) is 0 Å². The van der Waals surface area contributed by atoms with Crippen LogP contribution in [0.2, 0.25) is 0 Å². The summed E-state index contributed by atoms with van der Waals surface area (Å²) in [7, 11) is 0. The Labute approximate surface area is 51.3 Å². The van der Waals surface area contributed by atoms with Crippen LogP contribution in [0.5, 0.6) is 0 Å². The van der Waals surface area contributed by atoms with Gasteiger partial charge >= 0.3 is 0 Å². The Kier molecular flexibility index (Phi) is 0.678. The topological polar surface area (TPSA) is 0 Å². The molecule has 3 atom stereocenters. The lowest BCUT2D eigenvalue weighted by Crippen LogP contribution is -2.22. The SMILES string of the molecule is C[CH-]C12CC(C)C1C2. The van der Waals surface area contributed by atoms with Crippen molar-refractivity contribution in [3.63, 3.8) is 0 Å². The van der Waals surface area contributed by atoms with Crippen molar-refractivity contribution in [2.45, 2.75) is 26.7 Å². The van der Waals surface area contributed by atoms with Crippen molar-refractivity contribution in [3.8, 4) is 0 Å². The Balaban J connectivity index is 2.02. The molecule has 0 aromatic rings. The van der Waals surface area contributed by atoms with Crippen molar-refractivity contribution in [2.24, 2.45) is 17.3 Å². The first kappa shape index (κ1) is 4.84. The van der Waals surface area contributed by atoms with Gasteiger partial charge in [0.1, 0.15) is 0 Å². The van der Waals surface area contributed by atoms with Crippen LogP contribution < -0.4 is 0 Å². The maximum absolute atomic E-state index is 2.41. The van der Waals surface area contributed by atoms with Crippen molar-refractivity contribution in [3.05, 3.63) is 6.42 Å². The van der Waals surface area contributed by atoms with Gasteiger partial charge in [-0.25, -0.2) is 0 Å². The van der Waals surface area contributed by atoms with Crippen molar-refractivity contribution >= 4 is 0 Å². The fourth-order valence-electron chi connectivity index (χ4n) is 2.38. The molecule has 3 unspecified atom stereocenters. The lowest BCUT2D eigenvalue weighted by atomic mass is 9.75. The third-order valence-corrected chi connectivity index (χ3v) is 3.14. The van der Waals surface area contributed by atoms with Gasteiger partial charge in [-0.05, 0) is 5.92 Å². The van der Waals surface area contributed by atoms with Gasteiger partial charge in [0.25, 0.3) is 0 Å². The molecule has 0 heterocycles. The normalized spacial score (nSPS) is 59.2. The van der Waals surface area contributed by atoms with E-state index in [9.17, 15) is 0 Å². The first-order valence-corrected chi connectivity index (χ1v) is 3.59. The van der Waals surface area contributed by atoms with Crippen LogP contribution in [0.1, 0.15) is 26.7 Å². The van der Waals surface area contributed by atoms with E-state index in [4.69, 9.17) is 0 Å². The molecule has 0 aromatic heterocycles. The molecule has 0 bridgehead atoms. The molecule has 2 aliphatic carbocycles. The van der Waals surface area contributed by atoms with E-state index in [0.717, 1.165) is 17.3 Å². The zero-order valence-electron chi connectivity index (χ0n) is 5.65. The molecule has 0 N–H and O–H groups in total. The predicted octanol–water partition coefficient (Wildman–Crippen LogP) is 2.26. The molecule has 0 radical (unpaired) electrons. The van der Waals surface area contributed by atoms with Gasteiger partial charge in [0.05, 0.1) is 0 Å². The molecule has 0 spiro atoms. The first-order chi connectivity index (χ1) is 3.78. The molecule has 0 aromatic carbocycles. The van der Waals surface area contributed by atoms with Gasteiger partial charge in [0.2, 0.25) is 0 Å². The fraction of sp³-hybridized carbons (Fsp3) is 0.875. The quantitative estimate of drug-likeness (QED) is 0.453. The molecule has 2 fully saturated rings. The lowest BCUT2D eigenvalue weighted by molar-refractivity contribution is 0.231. The Morgan fingerprint density at radius 2 is 2.25 bits per heavy atom. The summed E-state index contributed by atoms with van der Waals surface area (Å²) in [5.41, 5.74) is 0.777. The molecule has 2 rings (SSSR count). The van der Waals surface area contributed by atoms with E-state index in [2.05, 4.69) is 20.3 Å². The second-order valence-corrected chi connectivity index (χ2v) is 3.51. The Hall–Kier alpha value is 0. The van der Waals surface area contributed by atoms with Crippen LogP contribution >= 0.6 is 0 Å². The van der Waals surface area contributed by atoms with Crippen LogP contribution in [0.25, 0.3) is 0 Å². The average Bonchev–Trinajstić information content (AvgIpc) is 2.36. The lowest BCUT2D eigenvalue weighted by Gasteiger charge is -2.38. The Morgan fingerprint density at radius 3 is 2.38 bits per heavy atom. The van der Waals surface area contributed by atoms with Gasteiger partial charge in [0, 0.05) is 0 Å². The molecule has 0 saturated heterocycles. The summed E-state index contributed by atoms with van der Waals surface area (Å²) in [5.74, 6) is 2.15. The van der Waals surface area contributed by atoms with Gasteiger partial charge in [-0.1, -0.05) is 25.7 Å². The minimum Gasteiger partial charge on any atom is -0.325 e. The summed E-state index contributed by atoms with van der Waals surface area (Å²) < 4.78 is 0. The van der Waals surface area contributed by atoms with E-state index in [1.165, 1.54) is 12.8 Å². The molecular weight excluding hydrogens is 96.1 g/mol. The average molecular weight is 109 g/mol. The number of rotatable bonds is 1. The van der Waals surface area contributed by atoms with E-state index in [0.29, 0.717) is 0 Å². The third-order valence-electron chi connectivity index (χ3n) is 3.14. The minimum atomic E-state index is 0.777. The first-order valence-electron chi connectivity index (χ1n) is 3.59. The highest BCUT2D eigenvalue weighted by Gasteiger charge is 2.56. The van der Waals surface area contributed by atoms with Crippen molar-refractivity contribution < 1.29 is 0 Å². The fourth-order valence-corrected chi connectivity index (χ4v) is 2.38. The monoisotopic (exact) mass is 109 g/mol. The summed E-state index contributed by atoms with van der Waals surface area (Å²) in [6.45, 7) is 4.59. The largest absolute Gasteiger partial charge is 0.325 e. The summed E-state index contributed by atoms with van der Waals surface area (Å²) in [6, 6.07) is 0. The van der Waals surface area contributed by atoms with Crippen molar-refractivity contribution in [2.75, 3.05) is 0 Å². The number of hydrogen-bond donors (Lipinski definition) is 0. The van der Waals surface area contributed by atoms with Crippen LogP contribution in [0.3, 0.4) is 0 Å². The molecule has 2 aliphatic rings. The minimum absolute atomic E-state index is 0.777. The molecule has 8 heavy (non-hydrogen) atoms. The summed E-state index contributed by atoms with van der Waals surface area (Å²) in [6.07, 6.45) is 5.40. The van der Waals surface area contributed by atoms with E-state index in [-0.39, 0.29) is 0 Å². The van der Waals surface area contributed by atoms with Gasteiger partial charge in [-0.2, -0.15) is 12.3 Å². The highest BCUT2D eigenvalue weighted by molar-refractivity contribution is 5.19. The highest BCUT2D eigenvalue weighted by atomic mass is 14.7. The standard InChI is InChI=1S/C8H13/c1-3-8-4-6(2)7(8)5-8/h3,6-7H,4-5H2,1-2H3/q-1. The highest BCUT2D eigenvalue weighted by Crippen LogP contribution is 2.71. The van der Waals surface area contributed by atoms with E-state index in [1.807, 2.05) is 0 Å². The second-order valence-electron chi connectivity index (χ2n) is 3.51. The molecule has 0 aliphatic heterocycles. The van der Waals surface area contributed by atoms with Crippen LogP contribution in [0.15, 0.2) is 0 Å². The molecule has 46 valence electrons. The molecule has 0 amide bonds. The molecular formula is C8H13-. The van der Waals surface area contributed by atoms with E-state index < -0.39 is 0 Å². The maximum Gasteiger partial charge on any atom is -0.0454 e. The maximum atomic E-state index is 2.41. The van der Waals surface area contributed by atoms with Gasteiger partial charge < -0.3 is 6.42 Å². The third kappa shape index (κ3) is 0.340. The van der Waals surface area contributed by atoms with Crippen LogP contribution in [-0.2, 0) is 0 Å². The molecule has 0 heteroatoms. The van der Waals surface area contributed by atoms with Gasteiger partial charge in [0.15, 0.2) is 0 Å². The Bertz CT molecular complexity index is 117. The zero-order chi connectivity index (χ0) is 5.78. The summed E-state index contributed by atoms with van der Waals surface area (Å²) in [5, 5.41) is 0. The zero-order valence-corrected chi connectivity index (χ0v) is 5.65. The van der Waals surface area contributed by atoms with Gasteiger partial charge in [-0.15, -0.1) is 0 Å². The predicted molar refractivity (Wildman–Crippen MR) is 34.3 cm³/mol.